The molecule has 0 aliphatic carbocycles. The predicted molar refractivity (Wildman–Crippen MR) is 118 cm³/mol. The zero-order valence-electron chi connectivity index (χ0n) is 17.4. The number of carboxylic acid groups (broad SMARTS) is 1. The lowest BCUT2D eigenvalue weighted by Crippen LogP contribution is -2.52. The van der Waals surface area contributed by atoms with Crippen LogP contribution in [0.3, 0.4) is 0 Å². The fourth-order valence-electron chi connectivity index (χ4n) is 3.38. The van der Waals surface area contributed by atoms with Gasteiger partial charge in [0.2, 0.25) is 0 Å². The SMILES string of the molecule is Cn1nccc1-c1ccc(C(=O)NC(c2ccccc2)C(NC(=O)O)C(C)(C)C)s1. The number of hydrogen-bond acceptors (Lipinski definition) is 4. The fourth-order valence-corrected chi connectivity index (χ4v) is 4.34. The van der Waals surface area contributed by atoms with E-state index in [9.17, 15) is 14.7 Å². The van der Waals surface area contributed by atoms with E-state index in [1.807, 2.05) is 70.3 Å². The van der Waals surface area contributed by atoms with E-state index < -0.39 is 23.6 Å². The normalized spacial score (nSPS) is 13.5. The largest absolute Gasteiger partial charge is 0.465 e. The van der Waals surface area contributed by atoms with Crippen LogP contribution in [0.25, 0.3) is 10.6 Å². The van der Waals surface area contributed by atoms with Gasteiger partial charge in [-0.2, -0.15) is 5.10 Å². The van der Waals surface area contributed by atoms with Crippen LogP contribution in [0.2, 0.25) is 0 Å². The third-order valence-corrected chi connectivity index (χ3v) is 6.00. The Labute approximate surface area is 179 Å². The molecule has 0 fully saturated rings. The van der Waals surface area contributed by atoms with Gasteiger partial charge in [0.1, 0.15) is 0 Å². The number of rotatable bonds is 6. The number of aromatic nitrogens is 2. The van der Waals surface area contributed by atoms with Crippen LogP contribution >= 0.6 is 11.3 Å². The Bertz CT molecular complexity index is 1020. The van der Waals surface area contributed by atoms with Gasteiger partial charge in [0, 0.05) is 13.2 Å². The molecule has 0 aliphatic heterocycles. The molecular formula is C22H26N4O3S. The summed E-state index contributed by atoms with van der Waals surface area (Å²) in [6, 6.07) is 13.9. The maximum atomic E-state index is 13.1. The van der Waals surface area contributed by atoms with Gasteiger partial charge in [-0.15, -0.1) is 11.3 Å². The van der Waals surface area contributed by atoms with Gasteiger partial charge in [0.05, 0.1) is 27.5 Å². The standard InChI is InChI=1S/C22H26N4O3S/c1-22(2,3)19(25-21(28)29)18(14-8-6-5-7-9-14)24-20(27)17-11-10-16(30-17)15-12-13-23-26(15)4/h5-13,18-19,25H,1-4H3,(H,24,27)(H,28,29). The molecule has 2 heterocycles. The van der Waals surface area contributed by atoms with Crippen molar-refractivity contribution in [3.63, 3.8) is 0 Å². The molecule has 1 aromatic carbocycles. The minimum Gasteiger partial charge on any atom is -0.465 e. The molecule has 0 spiro atoms. The van der Waals surface area contributed by atoms with Crippen molar-refractivity contribution in [2.45, 2.75) is 32.9 Å². The number of carbonyl (C=O) groups excluding carboxylic acids is 1. The number of nitrogens with one attached hydrogen (secondary N) is 2. The number of hydrogen-bond donors (Lipinski definition) is 3. The highest BCUT2D eigenvalue weighted by Crippen LogP contribution is 2.32. The first kappa shape index (κ1) is 21.6. The van der Waals surface area contributed by atoms with Gasteiger partial charge in [0.25, 0.3) is 5.91 Å². The van der Waals surface area contributed by atoms with Gasteiger partial charge in [0.15, 0.2) is 0 Å². The highest BCUT2D eigenvalue weighted by atomic mass is 32.1. The molecule has 2 aromatic heterocycles. The second kappa shape index (κ2) is 8.71. The van der Waals surface area contributed by atoms with Crippen LogP contribution in [0, 0.1) is 5.41 Å². The minimum atomic E-state index is -1.13. The molecule has 3 rings (SSSR count). The number of thiophene rings is 1. The quantitative estimate of drug-likeness (QED) is 0.547. The average Bonchev–Trinajstić information content (AvgIpc) is 3.33. The first-order valence-corrected chi connectivity index (χ1v) is 10.4. The molecule has 0 saturated heterocycles. The zero-order chi connectivity index (χ0) is 21.9. The van der Waals surface area contributed by atoms with Gasteiger partial charge in [-0.3, -0.25) is 9.48 Å². The van der Waals surface area contributed by atoms with Crippen LogP contribution < -0.4 is 10.6 Å². The van der Waals surface area contributed by atoms with E-state index >= 15 is 0 Å². The Kier molecular flexibility index (Phi) is 6.26. The number of amides is 2. The Morgan fingerprint density at radius 1 is 1.07 bits per heavy atom. The van der Waals surface area contributed by atoms with E-state index in [2.05, 4.69) is 15.7 Å². The molecule has 0 bridgehead atoms. The minimum absolute atomic E-state index is 0.247. The topological polar surface area (TPSA) is 96.3 Å². The molecule has 0 saturated carbocycles. The number of nitrogens with zero attached hydrogens (tertiary/aromatic N) is 2. The van der Waals surface area contributed by atoms with Crippen LogP contribution in [-0.2, 0) is 7.05 Å². The molecular weight excluding hydrogens is 400 g/mol. The zero-order valence-corrected chi connectivity index (χ0v) is 18.2. The van der Waals surface area contributed by atoms with E-state index in [1.54, 1.807) is 16.9 Å². The van der Waals surface area contributed by atoms with Crippen molar-refractivity contribution in [2.75, 3.05) is 0 Å². The van der Waals surface area contributed by atoms with Gasteiger partial charge in [-0.05, 0) is 29.2 Å². The van der Waals surface area contributed by atoms with Crippen molar-refractivity contribution in [1.82, 2.24) is 20.4 Å². The summed E-state index contributed by atoms with van der Waals surface area (Å²) in [6.45, 7) is 5.84. The van der Waals surface area contributed by atoms with Crippen molar-refractivity contribution in [3.05, 3.63) is 65.2 Å². The van der Waals surface area contributed by atoms with E-state index in [4.69, 9.17) is 0 Å². The lowest BCUT2D eigenvalue weighted by Gasteiger charge is -2.37. The van der Waals surface area contributed by atoms with Crippen LogP contribution in [-0.4, -0.2) is 32.9 Å². The third kappa shape index (κ3) is 4.88. The lowest BCUT2D eigenvalue weighted by molar-refractivity contribution is 0.0904. The maximum Gasteiger partial charge on any atom is 0.404 e. The van der Waals surface area contributed by atoms with E-state index in [-0.39, 0.29) is 5.91 Å². The Morgan fingerprint density at radius 2 is 1.77 bits per heavy atom. The Balaban J connectivity index is 1.91. The maximum absolute atomic E-state index is 13.1. The van der Waals surface area contributed by atoms with Crippen molar-refractivity contribution in [3.8, 4) is 10.6 Å². The molecule has 8 heteroatoms. The summed E-state index contributed by atoms with van der Waals surface area (Å²) in [7, 11) is 1.85. The first-order chi connectivity index (χ1) is 14.2. The summed E-state index contributed by atoms with van der Waals surface area (Å²) < 4.78 is 1.76. The summed E-state index contributed by atoms with van der Waals surface area (Å²) >= 11 is 1.37. The molecule has 2 amide bonds. The van der Waals surface area contributed by atoms with Crippen molar-refractivity contribution in [1.29, 1.82) is 0 Å². The molecule has 0 radical (unpaired) electrons. The van der Waals surface area contributed by atoms with Gasteiger partial charge in [-0.25, -0.2) is 4.79 Å². The molecule has 3 N–H and O–H groups in total. The average molecular weight is 427 g/mol. The summed E-state index contributed by atoms with van der Waals surface area (Å²) in [4.78, 5) is 26.1. The summed E-state index contributed by atoms with van der Waals surface area (Å²) in [6.07, 6.45) is 0.589. The van der Waals surface area contributed by atoms with E-state index in [1.165, 1.54) is 11.3 Å². The van der Waals surface area contributed by atoms with Crippen LogP contribution in [0.5, 0.6) is 0 Å². The number of carbonyl (C=O) groups is 2. The predicted octanol–water partition coefficient (Wildman–Crippen LogP) is 4.30. The Morgan fingerprint density at radius 3 is 2.33 bits per heavy atom. The second-order valence-corrected chi connectivity index (χ2v) is 9.24. The summed E-state index contributed by atoms with van der Waals surface area (Å²) in [5.41, 5.74) is 1.34. The Hall–Kier alpha value is -3.13. The molecule has 30 heavy (non-hydrogen) atoms. The molecule has 0 aliphatic rings. The van der Waals surface area contributed by atoms with Crippen LogP contribution in [0.15, 0.2) is 54.7 Å². The monoisotopic (exact) mass is 426 g/mol. The molecule has 158 valence electrons. The molecule has 7 nitrogen and oxygen atoms in total. The van der Waals surface area contributed by atoms with E-state index in [0.717, 1.165) is 16.1 Å². The van der Waals surface area contributed by atoms with Crippen molar-refractivity contribution >= 4 is 23.3 Å². The van der Waals surface area contributed by atoms with Crippen LogP contribution in [0.4, 0.5) is 4.79 Å². The lowest BCUT2D eigenvalue weighted by atomic mass is 9.79. The summed E-state index contributed by atoms with van der Waals surface area (Å²) in [5, 5.41) is 19.2. The summed E-state index contributed by atoms with van der Waals surface area (Å²) in [5.74, 6) is -0.247. The van der Waals surface area contributed by atoms with Crippen molar-refractivity contribution in [2.24, 2.45) is 12.5 Å². The fraction of sp³-hybridized carbons (Fsp3) is 0.318. The first-order valence-electron chi connectivity index (χ1n) is 9.60. The van der Waals surface area contributed by atoms with Gasteiger partial charge >= 0.3 is 6.09 Å². The third-order valence-electron chi connectivity index (χ3n) is 4.89. The van der Waals surface area contributed by atoms with Gasteiger partial charge in [-0.1, -0.05) is 51.1 Å². The number of benzene rings is 1. The highest BCUT2D eigenvalue weighted by Gasteiger charge is 2.36. The van der Waals surface area contributed by atoms with Crippen LogP contribution in [0.1, 0.15) is 42.0 Å². The highest BCUT2D eigenvalue weighted by molar-refractivity contribution is 7.17. The smallest absolute Gasteiger partial charge is 0.404 e. The number of aryl methyl sites for hydroxylation is 1. The molecule has 3 aromatic rings. The molecule has 2 unspecified atom stereocenters. The molecule has 2 atom stereocenters. The van der Waals surface area contributed by atoms with Gasteiger partial charge < -0.3 is 15.7 Å². The second-order valence-electron chi connectivity index (χ2n) is 8.16. The van der Waals surface area contributed by atoms with E-state index in [0.29, 0.717) is 4.88 Å². The van der Waals surface area contributed by atoms with Crippen molar-refractivity contribution < 1.29 is 14.7 Å².